The molecule has 1 aromatic heterocycles. The molecule has 6 heteroatoms. The fourth-order valence-corrected chi connectivity index (χ4v) is 2.24. The molecular formula is C20H17N3O3. The lowest BCUT2D eigenvalue weighted by molar-refractivity contribution is 0.0993. The van der Waals surface area contributed by atoms with E-state index in [0.717, 1.165) is 5.56 Å². The molecule has 0 atom stereocenters. The van der Waals surface area contributed by atoms with Crippen LogP contribution in [0.25, 0.3) is 0 Å². The Hall–Kier alpha value is -3.67. The van der Waals surface area contributed by atoms with E-state index >= 15 is 0 Å². The van der Waals surface area contributed by atoms with E-state index in [1.54, 1.807) is 42.5 Å². The lowest BCUT2D eigenvalue weighted by Gasteiger charge is -2.08. The Kier molecular flexibility index (Phi) is 4.94. The molecule has 2 aromatic carbocycles. The molecule has 2 amide bonds. The molecule has 26 heavy (non-hydrogen) atoms. The van der Waals surface area contributed by atoms with Crippen LogP contribution >= 0.6 is 0 Å². The fraction of sp³-hybridized carbons (Fsp3) is 0.0500. The van der Waals surface area contributed by atoms with Gasteiger partial charge in [0, 0.05) is 11.3 Å². The van der Waals surface area contributed by atoms with Crippen molar-refractivity contribution in [1.29, 1.82) is 0 Å². The number of amides is 2. The quantitative estimate of drug-likeness (QED) is 0.738. The number of nitrogens with two attached hydrogens (primary N) is 1. The highest BCUT2D eigenvalue weighted by atomic mass is 16.5. The third-order valence-electron chi connectivity index (χ3n) is 3.65. The van der Waals surface area contributed by atoms with Gasteiger partial charge in [-0.25, -0.2) is 4.98 Å². The van der Waals surface area contributed by atoms with Crippen molar-refractivity contribution in [2.24, 2.45) is 5.73 Å². The first-order chi connectivity index (χ1) is 12.5. The Morgan fingerprint density at radius 1 is 0.923 bits per heavy atom. The molecular weight excluding hydrogens is 330 g/mol. The smallest absolute Gasteiger partial charge is 0.267 e. The van der Waals surface area contributed by atoms with Gasteiger partial charge >= 0.3 is 0 Å². The number of nitrogens with zero attached hydrogens (tertiary/aromatic N) is 1. The van der Waals surface area contributed by atoms with E-state index in [1.165, 1.54) is 12.3 Å². The molecule has 0 saturated heterocycles. The molecule has 3 N–H and O–H groups in total. The maximum absolute atomic E-state index is 12.2. The molecule has 0 aliphatic rings. The molecule has 0 spiro atoms. The number of aromatic nitrogens is 1. The molecule has 3 rings (SSSR count). The van der Waals surface area contributed by atoms with Gasteiger partial charge in [0.2, 0.25) is 0 Å². The van der Waals surface area contributed by atoms with Gasteiger partial charge in [0.1, 0.15) is 17.2 Å². The minimum Gasteiger partial charge on any atom is -0.456 e. The number of carbonyl (C=O) groups excluding carboxylic acids is 2. The molecule has 0 aliphatic carbocycles. The van der Waals surface area contributed by atoms with Gasteiger partial charge in [-0.1, -0.05) is 17.7 Å². The van der Waals surface area contributed by atoms with Crippen molar-refractivity contribution in [1.82, 2.24) is 4.98 Å². The van der Waals surface area contributed by atoms with E-state index in [4.69, 9.17) is 10.5 Å². The van der Waals surface area contributed by atoms with Crippen molar-refractivity contribution in [3.8, 4) is 11.5 Å². The zero-order valence-corrected chi connectivity index (χ0v) is 14.1. The summed E-state index contributed by atoms with van der Waals surface area (Å²) in [5, 5.41) is 2.83. The topological polar surface area (TPSA) is 94.3 Å². The van der Waals surface area contributed by atoms with Crippen LogP contribution in [0.4, 0.5) is 5.69 Å². The summed E-state index contributed by atoms with van der Waals surface area (Å²) in [5.74, 6) is 0.286. The summed E-state index contributed by atoms with van der Waals surface area (Å²) in [5.41, 5.74) is 7.67. The summed E-state index contributed by atoms with van der Waals surface area (Å²) in [6, 6.07) is 17.4. The number of aryl methyl sites for hydroxylation is 1. The Bertz CT molecular complexity index is 918. The van der Waals surface area contributed by atoms with Gasteiger partial charge in [0.05, 0.1) is 6.20 Å². The number of anilines is 1. The van der Waals surface area contributed by atoms with Gasteiger partial charge in [-0.2, -0.15) is 0 Å². The van der Waals surface area contributed by atoms with E-state index in [9.17, 15) is 9.59 Å². The molecule has 0 aliphatic heterocycles. The van der Waals surface area contributed by atoms with E-state index in [2.05, 4.69) is 10.3 Å². The molecule has 0 radical (unpaired) electrons. The predicted molar refractivity (Wildman–Crippen MR) is 98.4 cm³/mol. The average Bonchev–Trinajstić information content (AvgIpc) is 2.64. The van der Waals surface area contributed by atoms with Gasteiger partial charge < -0.3 is 15.8 Å². The van der Waals surface area contributed by atoms with Crippen molar-refractivity contribution >= 4 is 17.5 Å². The summed E-state index contributed by atoms with van der Waals surface area (Å²) >= 11 is 0. The predicted octanol–water partition coefficient (Wildman–Crippen LogP) is 3.53. The van der Waals surface area contributed by atoms with E-state index < -0.39 is 5.91 Å². The van der Waals surface area contributed by atoms with Crippen molar-refractivity contribution < 1.29 is 14.3 Å². The van der Waals surface area contributed by atoms with E-state index in [0.29, 0.717) is 22.7 Å². The first-order valence-corrected chi connectivity index (χ1v) is 7.93. The summed E-state index contributed by atoms with van der Waals surface area (Å²) in [6.45, 7) is 1.97. The lowest BCUT2D eigenvalue weighted by Crippen LogP contribution is -2.12. The van der Waals surface area contributed by atoms with Gasteiger partial charge in [-0.05, 0) is 55.5 Å². The third-order valence-corrected chi connectivity index (χ3v) is 3.65. The number of ether oxygens (including phenoxy) is 1. The third kappa shape index (κ3) is 4.24. The van der Waals surface area contributed by atoms with Crippen molar-refractivity contribution in [2.75, 3.05) is 5.32 Å². The second-order valence-corrected chi connectivity index (χ2v) is 5.69. The Morgan fingerprint density at radius 3 is 2.15 bits per heavy atom. The van der Waals surface area contributed by atoms with Gasteiger partial charge in [0.25, 0.3) is 11.8 Å². The van der Waals surface area contributed by atoms with Crippen LogP contribution in [-0.4, -0.2) is 16.8 Å². The number of hydrogen-bond donors (Lipinski definition) is 2. The fourth-order valence-electron chi connectivity index (χ4n) is 2.24. The number of benzene rings is 2. The van der Waals surface area contributed by atoms with Crippen molar-refractivity contribution in [3.05, 3.63) is 83.7 Å². The van der Waals surface area contributed by atoms with Crippen LogP contribution in [0.5, 0.6) is 11.5 Å². The lowest BCUT2D eigenvalue weighted by atomic mass is 10.1. The normalized spacial score (nSPS) is 10.2. The van der Waals surface area contributed by atoms with Crippen LogP contribution in [0, 0.1) is 6.92 Å². The number of carbonyl (C=O) groups is 2. The number of rotatable bonds is 5. The highest BCUT2D eigenvalue weighted by Crippen LogP contribution is 2.22. The largest absolute Gasteiger partial charge is 0.456 e. The highest BCUT2D eigenvalue weighted by Gasteiger charge is 2.06. The summed E-state index contributed by atoms with van der Waals surface area (Å²) in [6.07, 6.45) is 1.42. The second kappa shape index (κ2) is 7.48. The SMILES string of the molecule is Cc1ccc(C(=O)Nc2ccc(Oc3ccc(C(N)=O)nc3)cc2)cc1. The molecule has 0 fully saturated rings. The standard InChI is InChI=1S/C20H17N3O3/c1-13-2-4-14(5-3-13)20(25)23-15-6-8-16(9-7-15)26-17-10-11-18(19(21)24)22-12-17/h2-12H,1H3,(H2,21,24)(H,23,25). The number of pyridine rings is 1. The monoisotopic (exact) mass is 347 g/mol. The van der Waals surface area contributed by atoms with Crippen LogP contribution in [0.1, 0.15) is 26.4 Å². The molecule has 6 nitrogen and oxygen atoms in total. The van der Waals surface area contributed by atoms with Gasteiger partial charge in [-0.15, -0.1) is 0 Å². The summed E-state index contributed by atoms with van der Waals surface area (Å²) < 4.78 is 5.64. The van der Waals surface area contributed by atoms with Crippen molar-refractivity contribution in [2.45, 2.75) is 6.92 Å². The zero-order valence-electron chi connectivity index (χ0n) is 14.1. The molecule has 0 bridgehead atoms. The first kappa shape index (κ1) is 17.2. The maximum Gasteiger partial charge on any atom is 0.267 e. The van der Waals surface area contributed by atoms with Crippen LogP contribution in [0.15, 0.2) is 66.9 Å². The molecule has 130 valence electrons. The van der Waals surface area contributed by atoms with Crippen LogP contribution in [-0.2, 0) is 0 Å². The summed E-state index contributed by atoms with van der Waals surface area (Å²) in [4.78, 5) is 27.1. The molecule has 0 saturated carbocycles. The van der Waals surface area contributed by atoms with Crippen LogP contribution in [0.3, 0.4) is 0 Å². The van der Waals surface area contributed by atoms with Crippen LogP contribution < -0.4 is 15.8 Å². The van der Waals surface area contributed by atoms with E-state index in [1.807, 2.05) is 19.1 Å². The molecule has 3 aromatic rings. The Balaban J connectivity index is 1.63. The van der Waals surface area contributed by atoms with Crippen molar-refractivity contribution in [3.63, 3.8) is 0 Å². The zero-order chi connectivity index (χ0) is 18.5. The second-order valence-electron chi connectivity index (χ2n) is 5.69. The first-order valence-electron chi connectivity index (χ1n) is 7.93. The highest BCUT2D eigenvalue weighted by molar-refractivity contribution is 6.04. The minimum absolute atomic E-state index is 0.173. The van der Waals surface area contributed by atoms with Gasteiger partial charge in [0.15, 0.2) is 0 Å². The molecule has 0 unspecified atom stereocenters. The Morgan fingerprint density at radius 2 is 1.58 bits per heavy atom. The number of nitrogens with one attached hydrogen (secondary N) is 1. The number of hydrogen-bond acceptors (Lipinski definition) is 4. The Labute approximate surface area is 150 Å². The van der Waals surface area contributed by atoms with Crippen LogP contribution in [0.2, 0.25) is 0 Å². The maximum atomic E-state index is 12.2. The van der Waals surface area contributed by atoms with E-state index in [-0.39, 0.29) is 11.6 Å². The summed E-state index contributed by atoms with van der Waals surface area (Å²) in [7, 11) is 0. The minimum atomic E-state index is -0.592. The number of primary amides is 1. The average molecular weight is 347 g/mol. The van der Waals surface area contributed by atoms with Gasteiger partial charge in [-0.3, -0.25) is 9.59 Å². The molecule has 1 heterocycles.